The molecule has 1 aromatic carbocycles. The number of nitrogens with zero attached hydrogens (tertiary/aromatic N) is 1. The normalized spacial score (nSPS) is 18.4. The Morgan fingerprint density at radius 3 is 2.16 bits per heavy atom. The van der Waals surface area contributed by atoms with Crippen molar-refractivity contribution in [1.29, 1.82) is 0 Å². The Hall–Kier alpha value is -2.74. The summed E-state index contributed by atoms with van der Waals surface area (Å²) in [4.78, 5) is 29.4. The Morgan fingerprint density at radius 1 is 1.03 bits per heavy atom. The maximum atomic E-state index is 14.3. The lowest BCUT2D eigenvalue weighted by Crippen LogP contribution is -2.58. The van der Waals surface area contributed by atoms with Crippen molar-refractivity contribution in [2.75, 3.05) is 0 Å². The quantitative estimate of drug-likeness (QED) is 0.501. The minimum atomic E-state index is -1.49. The molecule has 0 amide bonds. The lowest BCUT2D eigenvalue weighted by molar-refractivity contribution is -0.184. The fourth-order valence-corrected chi connectivity index (χ4v) is 3.84. The maximum Gasteiger partial charge on any atom is 0.259 e. The molecule has 0 atom stereocenters. The van der Waals surface area contributed by atoms with Gasteiger partial charge < -0.3 is 9.47 Å². The number of Topliss-reactive ketones (excluding diaryl/α,β-unsaturated/α-hetero) is 2. The number of ketones is 2. The van der Waals surface area contributed by atoms with Crippen LogP contribution < -0.4 is 4.74 Å². The predicted octanol–water partition coefficient (Wildman–Crippen LogP) is 4.97. The summed E-state index contributed by atoms with van der Waals surface area (Å²) in [6.45, 7) is 9.34. The summed E-state index contributed by atoms with van der Waals surface area (Å²) in [5, 5.41) is 0. The van der Waals surface area contributed by atoms with Crippen molar-refractivity contribution >= 4 is 11.6 Å². The largest absolute Gasteiger partial charge is 0.436 e. The molecule has 166 valence electrons. The van der Waals surface area contributed by atoms with Crippen LogP contribution in [-0.4, -0.2) is 27.8 Å². The molecule has 1 aliphatic rings. The fraction of sp³-hybridized carbons (Fsp3) is 0.435. The van der Waals surface area contributed by atoms with Gasteiger partial charge in [-0.1, -0.05) is 13.0 Å². The average molecular weight is 435 g/mol. The molecule has 31 heavy (non-hydrogen) atoms. The molecule has 8 heteroatoms. The molecule has 0 spiro atoms. The van der Waals surface area contributed by atoms with Gasteiger partial charge in [-0.3, -0.25) is 9.59 Å². The van der Waals surface area contributed by atoms with E-state index in [0.29, 0.717) is 12.0 Å². The third-order valence-electron chi connectivity index (χ3n) is 5.47. The van der Waals surface area contributed by atoms with Crippen LogP contribution in [0.2, 0.25) is 0 Å². The summed E-state index contributed by atoms with van der Waals surface area (Å²) >= 11 is 0. The van der Waals surface area contributed by atoms with Gasteiger partial charge in [0.05, 0.1) is 0 Å². The number of halogens is 3. The number of rotatable bonds is 4. The summed E-state index contributed by atoms with van der Waals surface area (Å²) in [6.07, 6.45) is 0.519. The van der Waals surface area contributed by atoms with Crippen LogP contribution in [0.4, 0.5) is 13.2 Å². The first-order valence-corrected chi connectivity index (χ1v) is 9.90. The van der Waals surface area contributed by atoms with Gasteiger partial charge in [-0.05, 0) is 64.3 Å². The molecule has 1 saturated heterocycles. The minimum absolute atomic E-state index is 0.0340. The molecule has 1 fully saturated rings. The van der Waals surface area contributed by atoms with Crippen LogP contribution in [0.3, 0.4) is 0 Å². The number of hydrogen-bond donors (Lipinski definition) is 0. The predicted molar refractivity (Wildman–Crippen MR) is 107 cm³/mol. The Morgan fingerprint density at radius 2 is 1.61 bits per heavy atom. The van der Waals surface area contributed by atoms with Gasteiger partial charge in [-0.2, -0.15) is 9.37 Å². The zero-order chi connectivity index (χ0) is 23.3. The first kappa shape index (κ1) is 22.9. The lowest BCUT2D eigenvalue weighted by Gasteiger charge is -2.43. The Bertz CT molecular complexity index is 1050. The summed E-state index contributed by atoms with van der Waals surface area (Å²) in [7, 11) is 0. The van der Waals surface area contributed by atoms with Gasteiger partial charge in [0.25, 0.3) is 11.8 Å². The molecule has 0 radical (unpaired) electrons. The number of carbonyl (C=O) groups excluding carboxylic acids is 2. The number of hydrogen-bond acceptors (Lipinski definition) is 5. The smallest absolute Gasteiger partial charge is 0.259 e. The van der Waals surface area contributed by atoms with E-state index in [2.05, 4.69) is 4.98 Å². The molecule has 3 rings (SSSR count). The van der Waals surface area contributed by atoms with Crippen LogP contribution in [0.15, 0.2) is 18.2 Å². The molecule has 0 bridgehead atoms. The monoisotopic (exact) mass is 435 g/mol. The Labute approximate surface area is 178 Å². The van der Waals surface area contributed by atoms with Gasteiger partial charge in [0.1, 0.15) is 22.9 Å². The molecule has 0 N–H and O–H groups in total. The van der Waals surface area contributed by atoms with Gasteiger partial charge in [0, 0.05) is 5.56 Å². The molecule has 0 unspecified atom stereocenters. The number of aromatic nitrogens is 1. The number of ether oxygens (including phenoxy) is 2. The number of carbonyl (C=O) groups is 2. The van der Waals surface area contributed by atoms with Crippen molar-refractivity contribution in [3.63, 3.8) is 0 Å². The van der Waals surface area contributed by atoms with E-state index in [-0.39, 0.29) is 5.75 Å². The number of pyridine rings is 1. The number of aryl methyl sites for hydroxylation is 1. The van der Waals surface area contributed by atoms with Crippen LogP contribution in [0.1, 0.15) is 57.2 Å². The van der Waals surface area contributed by atoms with E-state index in [0.717, 1.165) is 12.5 Å². The molecule has 2 heterocycles. The fourth-order valence-electron chi connectivity index (χ4n) is 3.84. The van der Waals surface area contributed by atoms with E-state index in [1.807, 2.05) is 6.92 Å². The molecule has 0 aliphatic carbocycles. The third kappa shape index (κ3) is 3.96. The van der Waals surface area contributed by atoms with Crippen LogP contribution in [0, 0.1) is 24.5 Å². The summed E-state index contributed by atoms with van der Waals surface area (Å²) < 4.78 is 52.6. The van der Waals surface area contributed by atoms with E-state index in [1.54, 1.807) is 33.8 Å². The highest BCUT2D eigenvalue weighted by atomic mass is 19.2. The second-order valence-electron chi connectivity index (χ2n) is 8.56. The summed E-state index contributed by atoms with van der Waals surface area (Å²) in [6, 6.07) is 4.57. The number of benzene rings is 1. The van der Waals surface area contributed by atoms with Crippen molar-refractivity contribution in [3.8, 4) is 11.6 Å². The van der Waals surface area contributed by atoms with E-state index < -0.39 is 57.7 Å². The highest BCUT2D eigenvalue weighted by Crippen LogP contribution is 2.41. The lowest BCUT2D eigenvalue weighted by atomic mass is 9.73. The third-order valence-corrected chi connectivity index (χ3v) is 5.47. The first-order valence-electron chi connectivity index (χ1n) is 9.90. The molecule has 0 saturated carbocycles. The van der Waals surface area contributed by atoms with Crippen LogP contribution in [0.25, 0.3) is 0 Å². The highest BCUT2D eigenvalue weighted by Gasteiger charge is 2.53. The molecular formula is C23H24F3NO4. The van der Waals surface area contributed by atoms with Gasteiger partial charge in [-0.25, -0.2) is 8.78 Å². The van der Waals surface area contributed by atoms with E-state index in [9.17, 15) is 22.8 Å². The van der Waals surface area contributed by atoms with Crippen molar-refractivity contribution in [3.05, 3.63) is 52.5 Å². The molecular weight excluding hydrogens is 411 g/mol. The van der Waals surface area contributed by atoms with Gasteiger partial charge in [0.15, 0.2) is 23.2 Å². The van der Waals surface area contributed by atoms with Crippen molar-refractivity contribution < 1.29 is 32.2 Å². The standard InChI is InChI=1S/C23H24F3NO4/c1-7-12-8-9-13(30-21-17(25)11(2)16(24)20(26)27-21)10-14(12)15-18(28)22(3,4)31-23(5,6)19(15)29/h8-10,15H,7H2,1-6H3. The summed E-state index contributed by atoms with van der Waals surface area (Å²) in [5.41, 5.74) is -1.84. The van der Waals surface area contributed by atoms with E-state index in [4.69, 9.17) is 9.47 Å². The summed E-state index contributed by atoms with van der Waals surface area (Å²) in [5.74, 6) is -6.65. The van der Waals surface area contributed by atoms with Crippen LogP contribution in [0.5, 0.6) is 11.6 Å². The minimum Gasteiger partial charge on any atom is -0.436 e. The van der Waals surface area contributed by atoms with Gasteiger partial charge >= 0.3 is 0 Å². The van der Waals surface area contributed by atoms with Crippen LogP contribution in [-0.2, 0) is 20.7 Å². The highest BCUT2D eigenvalue weighted by molar-refractivity contribution is 6.15. The van der Waals surface area contributed by atoms with Crippen molar-refractivity contribution in [2.24, 2.45) is 0 Å². The SMILES string of the molecule is CCc1ccc(Oc2nc(F)c(F)c(C)c2F)cc1C1C(=O)C(C)(C)OC(C)(C)C1=O. The zero-order valence-corrected chi connectivity index (χ0v) is 18.2. The molecule has 5 nitrogen and oxygen atoms in total. The zero-order valence-electron chi connectivity index (χ0n) is 18.2. The van der Waals surface area contributed by atoms with Gasteiger partial charge in [-0.15, -0.1) is 0 Å². The average Bonchev–Trinajstić information content (AvgIpc) is 2.69. The van der Waals surface area contributed by atoms with Crippen molar-refractivity contribution in [2.45, 2.75) is 65.1 Å². The molecule has 2 aromatic rings. The first-order chi connectivity index (χ1) is 14.3. The maximum absolute atomic E-state index is 14.3. The second-order valence-corrected chi connectivity index (χ2v) is 8.56. The van der Waals surface area contributed by atoms with Gasteiger partial charge in [0.2, 0.25) is 0 Å². The van der Waals surface area contributed by atoms with E-state index in [1.165, 1.54) is 12.1 Å². The Kier molecular flexibility index (Phi) is 5.73. The topological polar surface area (TPSA) is 65.5 Å². The van der Waals surface area contributed by atoms with Crippen molar-refractivity contribution in [1.82, 2.24) is 4.98 Å². The molecule has 1 aromatic heterocycles. The second kappa shape index (κ2) is 7.75. The Balaban J connectivity index is 2.10. The van der Waals surface area contributed by atoms with E-state index >= 15 is 0 Å². The molecule has 1 aliphatic heterocycles. The van der Waals surface area contributed by atoms with Crippen LogP contribution >= 0.6 is 0 Å².